The molecule has 0 saturated carbocycles. The zero-order valence-electron chi connectivity index (χ0n) is 15.0. The standard InChI is InChI=1S/C17H26ClN3O2S2/c1-13-5-6-14(11-16(13)18)19-17(24)21(9-4-8-20(2)3)15-7-10-25(22,23)12-15/h5-6,11,15H,4,7-10,12H2,1-3H3,(H,19,24)/t15-/m1/s1. The lowest BCUT2D eigenvalue weighted by Gasteiger charge is -2.31. The predicted molar refractivity (Wildman–Crippen MR) is 109 cm³/mol. The topological polar surface area (TPSA) is 52.6 Å². The Hall–Kier alpha value is -0.890. The number of nitrogens with one attached hydrogen (secondary N) is 1. The number of nitrogens with zero attached hydrogens (tertiary/aromatic N) is 2. The SMILES string of the molecule is Cc1ccc(NC(=S)N(CCCN(C)C)[C@@H]2CCS(=O)(=O)C2)cc1Cl. The minimum absolute atomic E-state index is 0.0620. The molecule has 1 fully saturated rings. The number of rotatable bonds is 6. The molecule has 1 aliphatic rings. The van der Waals surface area contributed by atoms with Crippen LogP contribution in [0.4, 0.5) is 5.69 Å². The fraction of sp³-hybridized carbons (Fsp3) is 0.588. The van der Waals surface area contributed by atoms with Crippen molar-refractivity contribution >= 4 is 44.5 Å². The largest absolute Gasteiger partial charge is 0.345 e. The van der Waals surface area contributed by atoms with Gasteiger partial charge in [0.1, 0.15) is 0 Å². The molecular weight excluding hydrogens is 378 g/mol. The third-order valence-electron chi connectivity index (χ3n) is 4.34. The van der Waals surface area contributed by atoms with Gasteiger partial charge in [-0.3, -0.25) is 0 Å². The van der Waals surface area contributed by atoms with Gasteiger partial charge in [-0.05, 0) is 70.3 Å². The molecular formula is C17H26ClN3O2S2. The van der Waals surface area contributed by atoms with Crippen molar-refractivity contribution in [1.82, 2.24) is 9.80 Å². The van der Waals surface area contributed by atoms with E-state index < -0.39 is 9.84 Å². The molecule has 2 rings (SSSR count). The van der Waals surface area contributed by atoms with Crippen LogP contribution in [0.25, 0.3) is 0 Å². The molecule has 25 heavy (non-hydrogen) atoms. The summed E-state index contributed by atoms with van der Waals surface area (Å²) >= 11 is 11.8. The lowest BCUT2D eigenvalue weighted by molar-refractivity contribution is 0.306. The predicted octanol–water partition coefficient (Wildman–Crippen LogP) is 2.79. The Labute approximate surface area is 161 Å². The number of aryl methyl sites for hydroxylation is 1. The van der Waals surface area contributed by atoms with Crippen LogP contribution in [0.5, 0.6) is 0 Å². The van der Waals surface area contributed by atoms with Crippen molar-refractivity contribution in [3.8, 4) is 0 Å². The van der Waals surface area contributed by atoms with Crippen LogP contribution in [-0.2, 0) is 9.84 Å². The summed E-state index contributed by atoms with van der Waals surface area (Å²) in [5, 5.41) is 4.45. The first kappa shape index (κ1) is 20.4. The van der Waals surface area contributed by atoms with Crippen LogP contribution >= 0.6 is 23.8 Å². The van der Waals surface area contributed by atoms with Crippen molar-refractivity contribution in [3.05, 3.63) is 28.8 Å². The third kappa shape index (κ3) is 6.09. The Bertz CT molecular complexity index is 723. The molecule has 1 N–H and O–H groups in total. The first-order chi connectivity index (χ1) is 11.7. The maximum absolute atomic E-state index is 11.9. The van der Waals surface area contributed by atoms with Gasteiger partial charge in [-0.1, -0.05) is 17.7 Å². The molecule has 1 atom stereocenters. The van der Waals surface area contributed by atoms with Gasteiger partial charge in [0.15, 0.2) is 14.9 Å². The molecule has 0 radical (unpaired) electrons. The normalized spacial score (nSPS) is 19.2. The molecule has 0 unspecified atom stereocenters. The number of hydrogen-bond acceptors (Lipinski definition) is 4. The molecule has 0 amide bonds. The zero-order valence-corrected chi connectivity index (χ0v) is 17.3. The van der Waals surface area contributed by atoms with Crippen molar-refractivity contribution in [1.29, 1.82) is 0 Å². The smallest absolute Gasteiger partial charge is 0.173 e. The van der Waals surface area contributed by atoms with Crippen LogP contribution in [0, 0.1) is 6.92 Å². The molecule has 140 valence electrons. The van der Waals surface area contributed by atoms with E-state index in [9.17, 15) is 8.42 Å². The van der Waals surface area contributed by atoms with Crippen molar-refractivity contribution in [3.63, 3.8) is 0 Å². The maximum Gasteiger partial charge on any atom is 0.173 e. The average molecular weight is 404 g/mol. The van der Waals surface area contributed by atoms with E-state index in [-0.39, 0.29) is 17.5 Å². The van der Waals surface area contributed by atoms with Gasteiger partial charge < -0.3 is 15.1 Å². The fourth-order valence-corrected chi connectivity index (χ4v) is 5.16. The molecule has 1 heterocycles. The summed E-state index contributed by atoms with van der Waals surface area (Å²) < 4.78 is 23.7. The maximum atomic E-state index is 11.9. The van der Waals surface area contributed by atoms with Crippen molar-refractivity contribution < 1.29 is 8.42 Å². The number of anilines is 1. The Kier molecular flexibility index (Phi) is 7.08. The Morgan fingerprint density at radius 1 is 1.36 bits per heavy atom. The minimum Gasteiger partial charge on any atom is -0.345 e. The highest BCUT2D eigenvalue weighted by Gasteiger charge is 2.33. The second-order valence-electron chi connectivity index (χ2n) is 6.80. The van der Waals surface area contributed by atoms with Crippen LogP contribution < -0.4 is 5.32 Å². The number of halogens is 1. The van der Waals surface area contributed by atoms with E-state index in [1.807, 2.05) is 44.1 Å². The highest BCUT2D eigenvalue weighted by atomic mass is 35.5. The van der Waals surface area contributed by atoms with E-state index in [2.05, 4.69) is 10.2 Å². The highest BCUT2D eigenvalue weighted by Crippen LogP contribution is 2.22. The highest BCUT2D eigenvalue weighted by molar-refractivity contribution is 7.91. The van der Waals surface area contributed by atoms with Crippen LogP contribution in [0.2, 0.25) is 5.02 Å². The summed E-state index contributed by atoms with van der Waals surface area (Å²) in [6.45, 7) is 3.60. The molecule has 1 aromatic rings. The molecule has 1 aromatic carbocycles. The van der Waals surface area contributed by atoms with Gasteiger partial charge >= 0.3 is 0 Å². The van der Waals surface area contributed by atoms with Crippen LogP contribution in [-0.4, -0.2) is 68.1 Å². The van der Waals surface area contributed by atoms with Gasteiger partial charge in [-0.25, -0.2) is 8.42 Å². The summed E-state index contributed by atoms with van der Waals surface area (Å²) in [6, 6.07) is 5.64. The molecule has 8 heteroatoms. The zero-order chi connectivity index (χ0) is 18.6. The van der Waals surface area contributed by atoms with E-state index in [0.29, 0.717) is 16.6 Å². The first-order valence-corrected chi connectivity index (χ1v) is 11.0. The van der Waals surface area contributed by atoms with Gasteiger partial charge in [0.05, 0.1) is 11.5 Å². The number of sulfone groups is 1. The summed E-state index contributed by atoms with van der Waals surface area (Å²) in [6.07, 6.45) is 1.54. The monoisotopic (exact) mass is 403 g/mol. The van der Waals surface area contributed by atoms with E-state index >= 15 is 0 Å². The van der Waals surface area contributed by atoms with Gasteiger partial charge in [-0.15, -0.1) is 0 Å². The number of thiocarbonyl (C=S) groups is 1. The second-order valence-corrected chi connectivity index (χ2v) is 9.82. The fourth-order valence-electron chi connectivity index (χ4n) is 2.89. The van der Waals surface area contributed by atoms with Crippen LogP contribution in [0.3, 0.4) is 0 Å². The van der Waals surface area contributed by atoms with E-state index in [1.165, 1.54) is 0 Å². The molecule has 5 nitrogen and oxygen atoms in total. The number of hydrogen-bond donors (Lipinski definition) is 1. The van der Waals surface area contributed by atoms with Gasteiger partial charge in [0.2, 0.25) is 0 Å². The Morgan fingerprint density at radius 3 is 2.64 bits per heavy atom. The van der Waals surface area contributed by atoms with Crippen LogP contribution in [0.15, 0.2) is 18.2 Å². The van der Waals surface area contributed by atoms with Gasteiger partial charge in [-0.2, -0.15) is 0 Å². The van der Waals surface area contributed by atoms with Gasteiger partial charge in [0.25, 0.3) is 0 Å². The first-order valence-electron chi connectivity index (χ1n) is 8.37. The summed E-state index contributed by atoms with van der Waals surface area (Å²) in [7, 11) is 1.08. The quantitative estimate of drug-likeness (QED) is 0.737. The van der Waals surface area contributed by atoms with Crippen molar-refractivity contribution in [2.24, 2.45) is 0 Å². The molecule has 0 bridgehead atoms. The average Bonchev–Trinajstić information content (AvgIpc) is 2.87. The molecule has 0 aliphatic carbocycles. The summed E-state index contributed by atoms with van der Waals surface area (Å²) in [5.41, 5.74) is 1.82. The molecule has 1 saturated heterocycles. The molecule has 0 aromatic heterocycles. The van der Waals surface area contributed by atoms with E-state index in [1.54, 1.807) is 0 Å². The second kappa shape index (κ2) is 8.66. The van der Waals surface area contributed by atoms with Crippen molar-refractivity contribution in [2.45, 2.75) is 25.8 Å². The lowest BCUT2D eigenvalue weighted by Crippen LogP contribution is -2.44. The summed E-state index contributed by atoms with van der Waals surface area (Å²) in [5.74, 6) is 0.409. The minimum atomic E-state index is -2.96. The molecule has 1 aliphatic heterocycles. The Balaban J connectivity index is 2.09. The number of benzene rings is 1. The van der Waals surface area contributed by atoms with E-state index in [0.717, 1.165) is 30.8 Å². The Morgan fingerprint density at radius 2 is 2.08 bits per heavy atom. The lowest BCUT2D eigenvalue weighted by atomic mass is 10.2. The third-order valence-corrected chi connectivity index (χ3v) is 6.83. The van der Waals surface area contributed by atoms with Crippen LogP contribution in [0.1, 0.15) is 18.4 Å². The van der Waals surface area contributed by atoms with E-state index in [4.69, 9.17) is 23.8 Å². The van der Waals surface area contributed by atoms with Crippen molar-refractivity contribution in [2.75, 3.05) is 44.0 Å². The molecule has 0 spiro atoms. The summed E-state index contributed by atoms with van der Waals surface area (Å²) in [4.78, 5) is 4.14. The van der Waals surface area contributed by atoms with Gasteiger partial charge in [0, 0.05) is 23.3 Å².